The third-order valence-electron chi connectivity index (χ3n) is 2.78. The number of ether oxygens (including phenoxy) is 2. The average Bonchev–Trinajstić information content (AvgIpc) is 2.34. The Balaban J connectivity index is 3.21. The second kappa shape index (κ2) is 6.28. The molecule has 0 radical (unpaired) electrons. The second-order valence-corrected chi connectivity index (χ2v) is 4.28. The van der Waals surface area contributed by atoms with Crippen molar-refractivity contribution in [3.05, 3.63) is 23.3 Å². The van der Waals surface area contributed by atoms with Crippen molar-refractivity contribution in [3.8, 4) is 11.5 Å². The zero-order chi connectivity index (χ0) is 12.8. The molecule has 0 heterocycles. The Hall–Kier alpha value is -1.51. The largest absolute Gasteiger partial charge is 0.493 e. The molecular formula is C14H20O3. The standard InChI is InChI=1S/C14H20O3/c1-10(2)12-8-11(6-5-7-15)14(17-4)13(9-12)16-3/h7-10H,5-6H2,1-4H3. The third kappa shape index (κ3) is 3.22. The number of rotatable bonds is 6. The molecule has 0 saturated heterocycles. The Labute approximate surface area is 103 Å². The quantitative estimate of drug-likeness (QED) is 0.712. The summed E-state index contributed by atoms with van der Waals surface area (Å²) in [6.07, 6.45) is 2.11. The van der Waals surface area contributed by atoms with Crippen molar-refractivity contribution in [3.63, 3.8) is 0 Å². The van der Waals surface area contributed by atoms with Crippen LogP contribution in [0.15, 0.2) is 12.1 Å². The smallest absolute Gasteiger partial charge is 0.163 e. The number of aldehydes is 1. The van der Waals surface area contributed by atoms with Crippen LogP contribution < -0.4 is 9.47 Å². The van der Waals surface area contributed by atoms with E-state index in [1.165, 1.54) is 5.56 Å². The fourth-order valence-corrected chi connectivity index (χ4v) is 1.80. The first-order chi connectivity index (χ1) is 8.13. The van der Waals surface area contributed by atoms with E-state index in [1.807, 2.05) is 6.07 Å². The fraction of sp³-hybridized carbons (Fsp3) is 0.500. The van der Waals surface area contributed by atoms with Gasteiger partial charge in [0.05, 0.1) is 14.2 Å². The lowest BCUT2D eigenvalue weighted by Gasteiger charge is -2.16. The minimum atomic E-state index is 0.421. The number of aryl methyl sites for hydroxylation is 1. The van der Waals surface area contributed by atoms with Crippen LogP contribution >= 0.6 is 0 Å². The maximum Gasteiger partial charge on any atom is 0.163 e. The molecule has 0 atom stereocenters. The topological polar surface area (TPSA) is 35.5 Å². The van der Waals surface area contributed by atoms with Crippen LogP contribution in [0.2, 0.25) is 0 Å². The van der Waals surface area contributed by atoms with Crippen molar-refractivity contribution in [1.82, 2.24) is 0 Å². The second-order valence-electron chi connectivity index (χ2n) is 4.28. The number of methoxy groups -OCH3 is 2. The molecular weight excluding hydrogens is 216 g/mol. The summed E-state index contributed by atoms with van der Waals surface area (Å²) in [7, 11) is 3.25. The molecule has 17 heavy (non-hydrogen) atoms. The van der Waals surface area contributed by atoms with E-state index in [9.17, 15) is 4.79 Å². The van der Waals surface area contributed by atoms with Crippen LogP contribution in [0.4, 0.5) is 0 Å². The Bertz CT molecular complexity index is 383. The predicted octanol–water partition coefficient (Wildman–Crippen LogP) is 2.96. The summed E-state index contributed by atoms with van der Waals surface area (Å²) >= 11 is 0. The molecule has 0 aliphatic rings. The molecule has 0 aromatic heterocycles. The van der Waals surface area contributed by atoms with Crippen molar-refractivity contribution in [2.75, 3.05) is 14.2 Å². The molecule has 0 aliphatic heterocycles. The Morgan fingerprint density at radius 2 is 1.94 bits per heavy atom. The molecule has 0 bridgehead atoms. The predicted molar refractivity (Wildman–Crippen MR) is 68.0 cm³/mol. The van der Waals surface area contributed by atoms with Gasteiger partial charge < -0.3 is 14.3 Å². The Kier molecular flexibility index (Phi) is 5.01. The van der Waals surface area contributed by atoms with Gasteiger partial charge >= 0.3 is 0 Å². The van der Waals surface area contributed by atoms with Crippen LogP contribution in [0.5, 0.6) is 11.5 Å². The van der Waals surface area contributed by atoms with E-state index in [4.69, 9.17) is 9.47 Å². The van der Waals surface area contributed by atoms with Crippen molar-refractivity contribution in [2.45, 2.75) is 32.6 Å². The zero-order valence-electron chi connectivity index (χ0n) is 10.9. The summed E-state index contributed by atoms with van der Waals surface area (Å²) < 4.78 is 10.7. The summed E-state index contributed by atoms with van der Waals surface area (Å²) in [5.74, 6) is 1.89. The minimum Gasteiger partial charge on any atom is -0.493 e. The van der Waals surface area contributed by atoms with Crippen molar-refractivity contribution in [1.29, 1.82) is 0 Å². The molecule has 0 saturated carbocycles. The third-order valence-corrected chi connectivity index (χ3v) is 2.78. The molecule has 0 N–H and O–H groups in total. The number of hydrogen-bond donors (Lipinski definition) is 0. The molecule has 0 unspecified atom stereocenters. The van der Waals surface area contributed by atoms with Gasteiger partial charge in [-0.1, -0.05) is 19.9 Å². The van der Waals surface area contributed by atoms with Crippen molar-refractivity contribution < 1.29 is 14.3 Å². The molecule has 3 heteroatoms. The minimum absolute atomic E-state index is 0.421. The maximum absolute atomic E-state index is 10.5. The summed E-state index contributed by atoms with van der Waals surface area (Å²) in [6, 6.07) is 4.09. The van der Waals surface area contributed by atoms with Gasteiger partial charge in [0.25, 0.3) is 0 Å². The first-order valence-corrected chi connectivity index (χ1v) is 5.82. The van der Waals surface area contributed by atoms with E-state index in [-0.39, 0.29) is 0 Å². The highest BCUT2D eigenvalue weighted by Gasteiger charge is 2.13. The van der Waals surface area contributed by atoms with Crippen molar-refractivity contribution in [2.24, 2.45) is 0 Å². The number of carbonyl (C=O) groups is 1. The Morgan fingerprint density at radius 3 is 2.41 bits per heavy atom. The zero-order valence-corrected chi connectivity index (χ0v) is 10.9. The van der Waals surface area contributed by atoms with Gasteiger partial charge in [0.15, 0.2) is 11.5 Å². The molecule has 0 amide bonds. The normalized spacial score (nSPS) is 10.4. The van der Waals surface area contributed by atoms with Crippen LogP contribution in [0.1, 0.15) is 37.3 Å². The van der Waals surface area contributed by atoms with Crippen LogP contribution in [0.3, 0.4) is 0 Å². The van der Waals surface area contributed by atoms with Gasteiger partial charge in [-0.25, -0.2) is 0 Å². The molecule has 1 rings (SSSR count). The van der Waals surface area contributed by atoms with E-state index in [0.717, 1.165) is 23.3 Å². The van der Waals surface area contributed by atoms with Gasteiger partial charge in [-0.2, -0.15) is 0 Å². The summed E-state index contributed by atoms with van der Waals surface area (Å²) in [5.41, 5.74) is 2.23. The molecule has 1 aromatic rings. The van der Waals surface area contributed by atoms with Crippen LogP contribution in [0, 0.1) is 0 Å². The highest BCUT2D eigenvalue weighted by atomic mass is 16.5. The van der Waals surface area contributed by atoms with Crippen LogP contribution in [0.25, 0.3) is 0 Å². The van der Waals surface area contributed by atoms with Gasteiger partial charge in [0, 0.05) is 6.42 Å². The van der Waals surface area contributed by atoms with E-state index in [1.54, 1.807) is 14.2 Å². The lowest BCUT2D eigenvalue weighted by atomic mass is 9.97. The molecule has 0 aliphatic carbocycles. The molecule has 0 spiro atoms. The summed E-state index contributed by atoms with van der Waals surface area (Å²) in [6.45, 7) is 4.26. The average molecular weight is 236 g/mol. The molecule has 94 valence electrons. The van der Waals surface area contributed by atoms with Gasteiger partial charge in [-0.05, 0) is 29.5 Å². The van der Waals surface area contributed by atoms with E-state index >= 15 is 0 Å². The van der Waals surface area contributed by atoms with E-state index < -0.39 is 0 Å². The monoisotopic (exact) mass is 236 g/mol. The summed E-state index contributed by atoms with van der Waals surface area (Å²) in [5, 5.41) is 0. The highest BCUT2D eigenvalue weighted by Crippen LogP contribution is 2.35. The first-order valence-electron chi connectivity index (χ1n) is 5.82. The molecule has 1 aromatic carbocycles. The van der Waals surface area contributed by atoms with Crippen LogP contribution in [-0.2, 0) is 11.2 Å². The Morgan fingerprint density at radius 1 is 1.24 bits per heavy atom. The maximum atomic E-state index is 10.5. The SMILES string of the molecule is COc1cc(C(C)C)cc(CCC=O)c1OC. The fourth-order valence-electron chi connectivity index (χ4n) is 1.80. The van der Waals surface area contributed by atoms with Gasteiger partial charge in [0.1, 0.15) is 6.29 Å². The van der Waals surface area contributed by atoms with E-state index in [2.05, 4.69) is 19.9 Å². The number of benzene rings is 1. The lowest BCUT2D eigenvalue weighted by molar-refractivity contribution is -0.107. The summed E-state index contributed by atoms with van der Waals surface area (Å²) in [4.78, 5) is 10.5. The van der Waals surface area contributed by atoms with Gasteiger partial charge in [-0.15, -0.1) is 0 Å². The van der Waals surface area contributed by atoms with Gasteiger partial charge in [0.2, 0.25) is 0 Å². The first kappa shape index (κ1) is 13.6. The van der Waals surface area contributed by atoms with Crippen LogP contribution in [-0.4, -0.2) is 20.5 Å². The molecule has 3 nitrogen and oxygen atoms in total. The lowest BCUT2D eigenvalue weighted by Crippen LogP contribution is -2.00. The van der Waals surface area contributed by atoms with Crippen molar-refractivity contribution >= 4 is 6.29 Å². The molecule has 0 fully saturated rings. The van der Waals surface area contributed by atoms with Gasteiger partial charge in [-0.3, -0.25) is 0 Å². The number of hydrogen-bond acceptors (Lipinski definition) is 3. The highest BCUT2D eigenvalue weighted by molar-refractivity contribution is 5.54. The van der Waals surface area contributed by atoms with E-state index in [0.29, 0.717) is 18.8 Å². The number of carbonyl (C=O) groups excluding carboxylic acids is 1.